The average molecular weight is 200 g/mol. The van der Waals surface area contributed by atoms with E-state index < -0.39 is 13.3 Å². The van der Waals surface area contributed by atoms with Gasteiger partial charge in [-0.05, 0) is 12.8 Å². The van der Waals surface area contributed by atoms with Gasteiger partial charge in [0.05, 0.1) is 0 Å². The molecule has 4 heteroatoms. The van der Waals surface area contributed by atoms with E-state index in [2.05, 4.69) is 5.92 Å². The third-order valence-electron chi connectivity index (χ3n) is 2.07. The molecule has 0 aromatic carbocycles. The monoisotopic (exact) mass is 200 g/mol. The third kappa shape index (κ3) is 3.11. The Bertz CT molecular complexity index is 256. The van der Waals surface area contributed by atoms with Crippen molar-refractivity contribution < 1.29 is 14.6 Å². The molecule has 0 aliphatic carbocycles. The highest BCUT2D eigenvalue weighted by molar-refractivity contribution is 6.79. The van der Waals surface area contributed by atoms with E-state index >= 15 is 0 Å². The minimum Gasteiger partial charge on any atom is -0.462 e. The van der Waals surface area contributed by atoms with Gasteiger partial charge in [-0.25, -0.2) is 0 Å². The molecule has 0 amide bonds. The number of hydrogen-bond donors (Lipinski definition) is 1. The second-order valence-corrected chi connectivity index (χ2v) is 9.57. The Balaban J connectivity index is 4.92. The SMILES string of the molecule is CC(=O)OC(C)(C#CO)[Si](C)(C)C. The van der Waals surface area contributed by atoms with E-state index in [9.17, 15) is 4.79 Å². The van der Waals surface area contributed by atoms with Crippen LogP contribution in [-0.2, 0) is 9.53 Å². The van der Waals surface area contributed by atoms with Crippen LogP contribution in [0, 0.1) is 12.0 Å². The van der Waals surface area contributed by atoms with E-state index in [4.69, 9.17) is 9.84 Å². The fourth-order valence-electron chi connectivity index (χ4n) is 0.760. The van der Waals surface area contributed by atoms with Crippen LogP contribution in [0.3, 0.4) is 0 Å². The molecule has 1 atom stereocenters. The Hall–Kier alpha value is -0.953. The molecule has 0 aromatic heterocycles. The zero-order valence-corrected chi connectivity index (χ0v) is 9.76. The first kappa shape index (κ1) is 12.0. The van der Waals surface area contributed by atoms with Crippen molar-refractivity contribution in [2.75, 3.05) is 0 Å². The molecule has 0 fully saturated rings. The minimum absolute atomic E-state index is 0.368. The van der Waals surface area contributed by atoms with Crippen LogP contribution in [-0.4, -0.2) is 24.4 Å². The van der Waals surface area contributed by atoms with Crippen molar-refractivity contribution in [3.63, 3.8) is 0 Å². The number of ether oxygens (including phenoxy) is 1. The summed E-state index contributed by atoms with van der Waals surface area (Å²) in [6.45, 7) is 9.17. The average Bonchev–Trinajstić information content (AvgIpc) is 1.82. The van der Waals surface area contributed by atoms with Gasteiger partial charge in [0.1, 0.15) is 14.2 Å². The van der Waals surface area contributed by atoms with Crippen molar-refractivity contribution in [2.45, 2.75) is 38.7 Å². The molecule has 13 heavy (non-hydrogen) atoms. The molecule has 0 aromatic rings. The zero-order valence-electron chi connectivity index (χ0n) is 8.76. The molecule has 3 nitrogen and oxygen atoms in total. The Morgan fingerprint density at radius 2 is 1.92 bits per heavy atom. The van der Waals surface area contributed by atoms with Gasteiger partial charge in [0.25, 0.3) is 0 Å². The number of esters is 1. The van der Waals surface area contributed by atoms with E-state index in [0.717, 1.165) is 0 Å². The van der Waals surface area contributed by atoms with E-state index in [-0.39, 0.29) is 5.97 Å². The Morgan fingerprint density at radius 3 is 2.15 bits per heavy atom. The molecule has 0 radical (unpaired) electrons. The Morgan fingerprint density at radius 1 is 1.46 bits per heavy atom. The molecule has 0 spiro atoms. The van der Waals surface area contributed by atoms with E-state index in [0.29, 0.717) is 0 Å². The summed E-state index contributed by atoms with van der Waals surface area (Å²) >= 11 is 0. The lowest BCUT2D eigenvalue weighted by molar-refractivity contribution is -0.145. The topological polar surface area (TPSA) is 46.5 Å². The first-order valence-corrected chi connectivity index (χ1v) is 7.59. The van der Waals surface area contributed by atoms with E-state index in [1.165, 1.54) is 6.92 Å². The molecule has 0 rings (SSSR count). The van der Waals surface area contributed by atoms with Gasteiger partial charge in [0.2, 0.25) is 0 Å². The molecule has 1 unspecified atom stereocenters. The van der Waals surface area contributed by atoms with Gasteiger partial charge >= 0.3 is 5.97 Å². The summed E-state index contributed by atoms with van der Waals surface area (Å²) in [6.07, 6.45) is 1.83. The smallest absolute Gasteiger partial charge is 0.303 e. The summed E-state index contributed by atoms with van der Waals surface area (Å²) in [4.78, 5) is 10.8. The molecular weight excluding hydrogens is 184 g/mol. The number of aliphatic hydroxyl groups is 1. The van der Waals surface area contributed by atoms with Crippen LogP contribution in [0.25, 0.3) is 0 Å². The summed E-state index contributed by atoms with van der Waals surface area (Å²) in [5, 5.41) is 7.74. The maximum absolute atomic E-state index is 10.8. The lowest BCUT2D eigenvalue weighted by atomic mass is 10.4. The largest absolute Gasteiger partial charge is 0.462 e. The van der Waals surface area contributed by atoms with Crippen LogP contribution in [0.1, 0.15) is 13.8 Å². The van der Waals surface area contributed by atoms with Crippen molar-refractivity contribution in [3.8, 4) is 12.0 Å². The molecule has 0 saturated heterocycles. The molecule has 0 heterocycles. The first-order chi connectivity index (χ1) is 5.73. The summed E-state index contributed by atoms with van der Waals surface area (Å²) in [7, 11) is -1.77. The predicted molar refractivity (Wildman–Crippen MR) is 53.2 cm³/mol. The van der Waals surface area contributed by atoms with Gasteiger partial charge in [-0.15, -0.1) is 0 Å². The zero-order chi connectivity index (χ0) is 10.7. The number of aliphatic hydroxyl groups excluding tert-OH is 1. The van der Waals surface area contributed by atoms with Crippen LogP contribution in [0.2, 0.25) is 19.6 Å². The molecule has 74 valence electrons. The molecule has 1 N–H and O–H groups in total. The van der Waals surface area contributed by atoms with Crippen molar-refractivity contribution in [2.24, 2.45) is 0 Å². The predicted octanol–water partition coefficient (Wildman–Crippen LogP) is 1.52. The summed E-state index contributed by atoms with van der Waals surface area (Å²) in [5.41, 5.74) is 0. The van der Waals surface area contributed by atoms with Crippen molar-refractivity contribution in [1.29, 1.82) is 0 Å². The minimum atomic E-state index is -1.77. The standard InChI is InChI=1S/C9H16O3Si/c1-8(11)12-9(2,6-7-10)13(3,4)5/h10H,1-5H3. The van der Waals surface area contributed by atoms with Gasteiger partial charge in [0, 0.05) is 6.92 Å². The first-order valence-electron chi connectivity index (χ1n) is 4.09. The van der Waals surface area contributed by atoms with Gasteiger partial charge in [-0.3, -0.25) is 4.79 Å². The van der Waals surface area contributed by atoms with Crippen LogP contribution in [0.5, 0.6) is 0 Å². The molecule has 0 saturated carbocycles. The van der Waals surface area contributed by atoms with Crippen molar-refractivity contribution in [3.05, 3.63) is 0 Å². The maximum atomic E-state index is 10.8. The molecule has 0 bridgehead atoms. The molecular formula is C9H16O3Si. The highest BCUT2D eigenvalue weighted by atomic mass is 28.3. The Labute approximate surface area is 80.1 Å². The molecule has 0 aliphatic rings. The highest BCUT2D eigenvalue weighted by Gasteiger charge is 2.41. The van der Waals surface area contributed by atoms with Crippen LogP contribution in [0.15, 0.2) is 0 Å². The lowest BCUT2D eigenvalue weighted by Crippen LogP contribution is -2.51. The highest BCUT2D eigenvalue weighted by Crippen LogP contribution is 2.23. The van der Waals surface area contributed by atoms with Gasteiger partial charge in [-0.2, -0.15) is 0 Å². The maximum Gasteiger partial charge on any atom is 0.303 e. The van der Waals surface area contributed by atoms with Gasteiger partial charge < -0.3 is 9.84 Å². The summed E-state index contributed by atoms with van der Waals surface area (Å²) < 4.78 is 5.13. The third-order valence-corrected chi connectivity index (χ3v) is 5.16. The normalized spacial score (nSPS) is 15.2. The van der Waals surface area contributed by atoms with Crippen molar-refractivity contribution >= 4 is 14.0 Å². The quantitative estimate of drug-likeness (QED) is 0.417. The molecule has 0 aliphatic heterocycles. The number of rotatable bonds is 2. The number of carbonyl (C=O) groups is 1. The van der Waals surface area contributed by atoms with Gasteiger partial charge in [0.15, 0.2) is 5.22 Å². The number of carbonyl (C=O) groups excluding carboxylic acids is 1. The summed E-state index contributed by atoms with van der Waals surface area (Å²) in [5.74, 6) is 2.19. The van der Waals surface area contributed by atoms with Crippen LogP contribution in [0.4, 0.5) is 0 Å². The Kier molecular flexibility index (Phi) is 3.56. The second kappa shape index (κ2) is 3.84. The van der Waals surface area contributed by atoms with E-state index in [1.807, 2.05) is 25.7 Å². The lowest BCUT2D eigenvalue weighted by Gasteiger charge is -2.34. The fraction of sp³-hybridized carbons (Fsp3) is 0.667. The van der Waals surface area contributed by atoms with E-state index in [1.54, 1.807) is 6.92 Å². The van der Waals surface area contributed by atoms with Crippen molar-refractivity contribution in [1.82, 2.24) is 0 Å². The van der Waals surface area contributed by atoms with Crippen LogP contribution < -0.4 is 0 Å². The fourth-order valence-corrected chi connectivity index (χ4v) is 1.64. The van der Waals surface area contributed by atoms with Crippen LogP contribution >= 0.6 is 0 Å². The van der Waals surface area contributed by atoms with Gasteiger partial charge in [-0.1, -0.05) is 19.6 Å². The second-order valence-electron chi connectivity index (χ2n) is 4.11. The summed E-state index contributed by atoms with van der Waals surface area (Å²) in [6, 6.07) is 0. The number of hydrogen-bond acceptors (Lipinski definition) is 3.